The average molecular weight is 314 g/mol. The maximum Gasteiger partial charge on any atom is 0.303 e. The molecule has 0 aliphatic rings. The van der Waals surface area contributed by atoms with E-state index in [4.69, 9.17) is 10.8 Å². The number of rotatable bonds is 10. The third-order valence-electron chi connectivity index (χ3n) is 3.00. The van der Waals surface area contributed by atoms with Crippen LogP contribution in [0.2, 0.25) is 0 Å². The van der Waals surface area contributed by atoms with Crippen LogP contribution in [0.3, 0.4) is 0 Å². The van der Waals surface area contributed by atoms with Gasteiger partial charge in [-0.05, 0) is 24.9 Å². The van der Waals surface area contributed by atoms with Gasteiger partial charge in [0.15, 0.2) is 0 Å². The maximum atomic E-state index is 12.3. The first-order valence-electron chi connectivity index (χ1n) is 6.89. The van der Waals surface area contributed by atoms with Crippen LogP contribution in [-0.4, -0.2) is 42.6 Å². The SMILES string of the molecule is NCCCN(Cc1ccccc1)S(=O)(=O)CCCC(=O)O. The highest BCUT2D eigenvalue weighted by molar-refractivity contribution is 7.89. The average Bonchev–Trinajstić information content (AvgIpc) is 2.43. The largest absolute Gasteiger partial charge is 0.481 e. The highest BCUT2D eigenvalue weighted by Crippen LogP contribution is 2.12. The van der Waals surface area contributed by atoms with Crippen molar-refractivity contribution < 1.29 is 18.3 Å². The summed E-state index contributed by atoms with van der Waals surface area (Å²) >= 11 is 0. The van der Waals surface area contributed by atoms with E-state index in [-0.39, 0.29) is 25.1 Å². The topological polar surface area (TPSA) is 101 Å². The van der Waals surface area contributed by atoms with Crippen LogP contribution in [-0.2, 0) is 21.4 Å². The van der Waals surface area contributed by atoms with E-state index in [1.807, 2.05) is 30.3 Å². The molecule has 7 heteroatoms. The third kappa shape index (κ3) is 6.70. The van der Waals surface area contributed by atoms with E-state index in [0.29, 0.717) is 19.5 Å². The first kappa shape index (κ1) is 17.6. The number of nitrogens with two attached hydrogens (primary N) is 1. The molecule has 0 saturated heterocycles. The van der Waals surface area contributed by atoms with Crippen LogP contribution < -0.4 is 5.73 Å². The molecule has 1 aromatic carbocycles. The molecule has 0 atom stereocenters. The van der Waals surface area contributed by atoms with Gasteiger partial charge in [-0.25, -0.2) is 8.42 Å². The molecule has 118 valence electrons. The van der Waals surface area contributed by atoms with Crippen molar-refractivity contribution >= 4 is 16.0 Å². The lowest BCUT2D eigenvalue weighted by Crippen LogP contribution is -2.34. The Labute approximate surface area is 125 Å². The molecule has 0 aromatic heterocycles. The van der Waals surface area contributed by atoms with Gasteiger partial charge in [0.05, 0.1) is 5.75 Å². The van der Waals surface area contributed by atoms with E-state index < -0.39 is 16.0 Å². The molecular formula is C14H22N2O4S. The highest BCUT2D eigenvalue weighted by Gasteiger charge is 2.21. The summed E-state index contributed by atoms with van der Waals surface area (Å²) in [7, 11) is -3.47. The van der Waals surface area contributed by atoms with Crippen LogP contribution in [0.1, 0.15) is 24.8 Å². The molecule has 0 aliphatic heterocycles. The predicted molar refractivity (Wildman–Crippen MR) is 81.2 cm³/mol. The Morgan fingerprint density at radius 2 is 1.86 bits per heavy atom. The van der Waals surface area contributed by atoms with Gasteiger partial charge in [0.1, 0.15) is 0 Å². The van der Waals surface area contributed by atoms with E-state index >= 15 is 0 Å². The van der Waals surface area contributed by atoms with Crippen LogP contribution in [0.5, 0.6) is 0 Å². The van der Waals surface area contributed by atoms with Gasteiger partial charge in [0.2, 0.25) is 10.0 Å². The van der Waals surface area contributed by atoms with Gasteiger partial charge in [0, 0.05) is 19.5 Å². The van der Waals surface area contributed by atoms with Crippen LogP contribution >= 0.6 is 0 Å². The predicted octanol–water partition coefficient (Wildman–Crippen LogP) is 1.03. The first-order valence-corrected chi connectivity index (χ1v) is 8.50. The van der Waals surface area contributed by atoms with E-state index in [1.165, 1.54) is 4.31 Å². The van der Waals surface area contributed by atoms with Crippen molar-refractivity contribution in [1.82, 2.24) is 4.31 Å². The molecule has 0 saturated carbocycles. The van der Waals surface area contributed by atoms with Crippen molar-refractivity contribution in [3.8, 4) is 0 Å². The molecule has 21 heavy (non-hydrogen) atoms. The Bertz CT molecular complexity index is 531. The third-order valence-corrected chi connectivity index (χ3v) is 4.90. The summed E-state index contributed by atoms with van der Waals surface area (Å²) in [5.41, 5.74) is 6.35. The maximum absolute atomic E-state index is 12.3. The van der Waals surface area contributed by atoms with Crippen LogP contribution in [0.4, 0.5) is 0 Å². The number of aliphatic carboxylic acids is 1. The lowest BCUT2D eigenvalue weighted by molar-refractivity contribution is -0.137. The van der Waals surface area contributed by atoms with Crippen molar-refractivity contribution in [2.45, 2.75) is 25.8 Å². The number of carbonyl (C=O) groups is 1. The summed E-state index contributed by atoms with van der Waals surface area (Å²) in [6.07, 6.45) is 0.547. The summed E-state index contributed by atoms with van der Waals surface area (Å²) < 4.78 is 26.0. The second-order valence-corrected chi connectivity index (χ2v) is 6.86. The lowest BCUT2D eigenvalue weighted by Gasteiger charge is -2.22. The smallest absolute Gasteiger partial charge is 0.303 e. The fourth-order valence-corrected chi connectivity index (χ4v) is 3.43. The molecule has 6 nitrogen and oxygen atoms in total. The van der Waals surface area contributed by atoms with E-state index in [0.717, 1.165) is 5.56 Å². The quantitative estimate of drug-likeness (QED) is 0.672. The summed E-state index contributed by atoms with van der Waals surface area (Å²) in [5, 5.41) is 8.60. The fourth-order valence-electron chi connectivity index (χ4n) is 1.91. The molecule has 0 unspecified atom stereocenters. The van der Waals surface area contributed by atoms with Gasteiger partial charge in [-0.2, -0.15) is 4.31 Å². The summed E-state index contributed by atoms with van der Waals surface area (Å²) in [6, 6.07) is 9.31. The Kier molecular flexibility index (Phi) is 7.35. The summed E-state index contributed by atoms with van der Waals surface area (Å²) in [5.74, 6) is -1.14. The minimum atomic E-state index is -3.47. The Hall–Kier alpha value is -1.44. The minimum absolute atomic E-state index is 0.117. The number of carboxylic acid groups (broad SMARTS) is 1. The van der Waals surface area contributed by atoms with E-state index in [1.54, 1.807) is 0 Å². The number of sulfonamides is 1. The van der Waals surface area contributed by atoms with Crippen molar-refractivity contribution in [1.29, 1.82) is 0 Å². The Balaban J connectivity index is 2.73. The Morgan fingerprint density at radius 1 is 1.19 bits per heavy atom. The molecule has 0 heterocycles. The Morgan fingerprint density at radius 3 is 2.43 bits per heavy atom. The second-order valence-electron chi connectivity index (χ2n) is 4.77. The molecular weight excluding hydrogens is 292 g/mol. The van der Waals surface area contributed by atoms with Gasteiger partial charge in [0.25, 0.3) is 0 Å². The number of carboxylic acids is 1. The molecule has 0 bridgehead atoms. The molecule has 1 rings (SSSR count). The number of nitrogens with zero attached hydrogens (tertiary/aromatic N) is 1. The zero-order valence-corrected chi connectivity index (χ0v) is 12.8. The van der Waals surface area contributed by atoms with Crippen molar-refractivity contribution in [2.75, 3.05) is 18.8 Å². The molecule has 0 spiro atoms. The number of benzene rings is 1. The zero-order chi connectivity index (χ0) is 15.7. The van der Waals surface area contributed by atoms with Crippen molar-refractivity contribution in [3.05, 3.63) is 35.9 Å². The summed E-state index contributed by atoms with van der Waals surface area (Å²) in [6.45, 7) is 1.05. The summed E-state index contributed by atoms with van der Waals surface area (Å²) in [4.78, 5) is 10.5. The molecule has 1 aromatic rings. The van der Waals surface area contributed by atoms with Gasteiger partial charge < -0.3 is 10.8 Å². The van der Waals surface area contributed by atoms with E-state index in [9.17, 15) is 13.2 Å². The second kappa shape index (κ2) is 8.76. The monoisotopic (exact) mass is 314 g/mol. The molecule has 0 amide bonds. The molecule has 0 radical (unpaired) electrons. The van der Waals surface area contributed by atoms with E-state index in [2.05, 4.69) is 0 Å². The van der Waals surface area contributed by atoms with Crippen LogP contribution in [0.25, 0.3) is 0 Å². The fraction of sp³-hybridized carbons (Fsp3) is 0.500. The number of hydrogen-bond acceptors (Lipinski definition) is 4. The first-order chi connectivity index (χ1) is 9.95. The van der Waals surface area contributed by atoms with Crippen LogP contribution in [0.15, 0.2) is 30.3 Å². The van der Waals surface area contributed by atoms with Gasteiger partial charge in [-0.15, -0.1) is 0 Å². The standard InChI is InChI=1S/C14H22N2O4S/c15-9-5-10-16(12-13-6-2-1-3-7-13)21(19,20)11-4-8-14(17)18/h1-3,6-7H,4-5,8-12,15H2,(H,17,18). The van der Waals surface area contributed by atoms with Crippen LogP contribution in [0, 0.1) is 0 Å². The van der Waals surface area contributed by atoms with Crippen molar-refractivity contribution in [3.63, 3.8) is 0 Å². The lowest BCUT2D eigenvalue weighted by atomic mass is 10.2. The highest BCUT2D eigenvalue weighted by atomic mass is 32.2. The van der Waals surface area contributed by atoms with Gasteiger partial charge >= 0.3 is 5.97 Å². The minimum Gasteiger partial charge on any atom is -0.481 e. The normalized spacial score (nSPS) is 11.7. The zero-order valence-electron chi connectivity index (χ0n) is 11.9. The molecule has 0 aliphatic carbocycles. The number of hydrogen-bond donors (Lipinski definition) is 2. The molecule has 3 N–H and O–H groups in total. The van der Waals surface area contributed by atoms with Gasteiger partial charge in [-0.1, -0.05) is 30.3 Å². The molecule has 0 fully saturated rings. The van der Waals surface area contributed by atoms with Crippen molar-refractivity contribution in [2.24, 2.45) is 5.73 Å². The van der Waals surface area contributed by atoms with Gasteiger partial charge in [-0.3, -0.25) is 4.79 Å².